The van der Waals surface area contributed by atoms with E-state index in [-0.39, 0.29) is 12.3 Å². The first-order valence-electron chi connectivity index (χ1n) is 5.77. The number of pyridine rings is 1. The molecule has 3 rings (SSSR count). The molecule has 0 bridgehead atoms. The second-order valence-corrected chi connectivity index (χ2v) is 4.46. The van der Waals surface area contributed by atoms with Crippen molar-refractivity contribution in [3.63, 3.8) is 0 Å². The molecule has 2 aromatic rings. The fourth-order valence-corrected chi connectivity index (χ4v) is 2.14. The Morgan fingerprint density at radius 2 is 2.35 bits per heavy atom. The van der Waals surface area contributed by atoms with Crippen LogP contribution < -0.4 is 5.73 Å². The number of Topliss-reactive ketones (excluding diaryl/α,β-unsaturated/α-hetero) is 1. The second-order valence-electron chi connectivity index (χ2n) is 4.46. The van der Waals surface area contributed by atoms with Gasteiger partial charge in [-0.2, -0.15) is 0 Å². The van der Waals surface area contributed by atoms with Crippen molar-refractivity contribution in [3.05, 3.63) is 23.7 Å². The van der Waals surface area contributed by atoms with Crippen molar-refractivity contribution in [3.8, 4) is 0 Å². The molecule has 88 valence electrons. The van der Waals surface area contributed by atoms with Gasteiger partial charge in [0.15, 0.2) is 11.4 Å². The quantitative estimate of drug-likeness (QED) is 0.798. The molecule has 1 aliphatic rings. The summed E-state index contributed by atoms with van der Waals surface area (Å²) in [6.45, 7) is 0.00838. The molecule has 0 spiro atoms. The summed E-state index contributed by atoms with van der Waals surface area (Å²) < 4.78 is 1.99. The highest BCUT2D eigenvalue weighted by Gasteiger charge is 2.29. The number of rotatable bonds is 3. The fourth-order valence-electron chi connectivity index (χ4n) is 2.14. The highest BCUT2D eigenvalue weighted by molar-refractivity contribution is 6.06. The highest BCUT2D eigenvalue weighted by atomic mass is 16.1. The Labute approximate surface area is 98.7 Å². The van der Waals surface area contributed by atoms with Crippen LogP contribution in [0.15, 0.2) is 12.3 Å². The Kier molecular flexibility index (Phi) is 2.22. The average molecular weight is 230 g/mol. The summed E-state index contributed by atoms with van der Waals surface area (Å²) in [5, 5.41) is 0. The van der Waals surface area contributed by atoms with E-state index in [2.05, 4.69) is 9.97 Å². The van der Waals surface area contributed by atoms with Crippen molar-refractivity contribution < 1.29 is 4.79 Å². The van der Waals surface area contributed by atoms with Gasteiger partial charge in [-0.3, -0.25) is 4.79 Å². The molecule has 2 aromatic heterocycles. The van der Waals surface area contributed by atoms with Gasteiger partial charge in [-0.25, -0.2) is 9.97 Å². The SMILES string of the molecule is Cn1c(C2CC2)nc2c(C(=O)CN)ccnc21. The summed E-state index contributed by atoms with van der Waals surface area (Å²) in [5.41, 5.74) is 7.45. The van der Waals surface area contributed by atoms with Crippen LogP contribution in [0.25, 0.3) is 11.2 Å². The molecule has 2 heterocycles. The minimum Gasteiger partial charge on any atom is -0.324 e. The number of carbonyl (C=O) groups excluding carboxylic acids is 1. The summed E-state index contributed by atoms with van der Waals surface area (Å²) in [4.78, 5) is 20.6. The molecule has 0 amide bonds. The number of ketones is 1. The standard InChI is InChI=1S/C12H14N4O/c1-16-11(7-2-3-7)15-10-8(9(17)6-13)4-5-14-12(10)16/h4-5,7H,2-3,6,13H2,1H3. The predicted octanol–water partition coefficient (Wildman–Crippen LogP) is 0.987. The smallest absolute Gasteiger partial charge is 0.178 e. The molecule has 0 aromatic carbocycles. The number of nitrogens with zero attached hydrogens (tertiary/aromatic N) is 3. The van der Waals surface area contributed by atoms with Crippen LogP contribution in [0.2, 0.25) is 0 Å². The van der Waals surface area contributed by atoms with Gasteiger partial charge in [0, 0.05) is 24.7 Å². The van der Waals surface area contributed by atoms with Gasteiger partial charge in [0.2, 0.25) is 0 Å². The number of aryl methyl sites for hydroxylation is 1. The van der Waals surface area contributed by atoms with Crippen molar-refractivity contribution in [2.45, 2.75) is 18.8 Å². The van der Waals surface area contributed by atoms with Crippen molar-refractivity contribution in [1.82, 2.24) is 14.5 Å². The Balaban J connectivity index is 2.24. The van der Waals surface area contributed by atoms with Crippen LogP contribution in [0.3, 0.4) is 0 Å². The lowest BCUT2D eigenvalue weighted by Crippen LogP contribution is -2.14. The third-order valence-corrected chi connectivity index (χ3v) is 3.22. The number of nitrogens with two attached hydrogens (primary N) is 1. The molecule has 1 fully saturated rings. The molecule has 0 aliphatic heterocycles. The van der Waals surface area contributed by atoms with Gasteiger partial charge in [0.25, 0.3) is 0 Å². The Morgan fingerprint density at radius 3 is 3.00 bits per heavy atom. The van der Waals surface area contributed by atoms with Crippen LogP contribution in [0.5, 0.6) is 0 Å². The Hall–Kier alpha value is -1.75. The normalized spacial score (nSPS) is 15.4. The van der Waals surface area contributed by atoms with Gasteiger partial charge in [-0.05, 0) is 18.9 Å². The van der Waals surface area contributed by atoms with Gasteiger partial charge in [-0.15, -0.1) is 0 Å². The van der Waals surface area contributed by atoms with Gasteiger partial charge < -0.3 is 10.3 Å². The van der Waals surface area contributed by atoms with Gasteiger partial charge in [0.05, 0.1) is 6.54 Å². The van der Waals surface area contributed by atoms with Crippen molar-refractivity contribution in [2.24, 2.45) is 12.8 Å². The van der Waals surface area contributed by atoms with Crippen LogP contribution in [-0.4, -0.2) is 26.9 Å². The third-order valence-electron chi connectivity index (χ3n) is 3.22. The van der Waals surface area contributed by atoms with Crippen molar-refractivity contribution in [1.29, 1.82) is 0 Å². The summed E-state index contributed by atoms with van der Waals surface area (Å²) in [5.74, 6) is 1.48. The zero-order valence-corrected chi connectivity index (χ0v) is 9.68. The van der Waals surface area contributed by atoms with Crippen LogP contribution in [0, 0.1) is 0 Å². The summed E-state index contributed by atoms with van der Waals surface area (Å²) in [6, 6.07) is 1.70. The van der Waals surface area contributed by atoms with E-state index in [1.165, 1.54) is 12.8 Å². The molecule has 0 saturated heterocycles. The molecule has 5 heteroatoms. The summed E-state index contributed by atoms with van der Waals surface area (Å²) in [7, 11) is 1.95. The van der Waals surface area contributed by atoms with E-state index in [9.17, 15) is 4.79 Å². The van der Waals surface area contributed by atoms with Gasteiger partial charge in [0.1, 0.15) is 11.3 Å². The molecular weight excluding hydrogens is 216 g/mol. The number of carbonyl (C=O) groups is 1. The largest absolute Gasteiger partial charge is 0.324 e. The second kappa shape index (κ2) is 3.63. The lowest BCUT2D eigenvalue weighted by Gasteiger charge is -1.99. The first-order valence-corrected chi connectivity index (χ1v) is 5.77. The number of imidazole rings is 1. The predicted molar refractivity (Wildman–Crippen MR) is 63.9 cm³/mol. The highest BCUT2D eigenvalue weighted by Crippen LogP contribution is 2.40. The summed E-state index contributed by atoms with van der Waals surface area (Å²) >= 11 is 0. The Bertz CT molecular complexity index is 598. The number of hydrogen-bond donors (Lipinski definition) is 1. The lowest BCUT2D eigenvalue weighted by molar-refractivity contribution is 0.100. The maximum absolute atomic E-state index is 11.7. The molecule has 1 aliphatic carbocycles. The maximum atomic E-state index is 11.7. The van der Waals surface area contributed by atoms with Gasteiger partial charge in [-0.1, -0.05) is 0 Å². The zero-order valence-electron chi connectivity index (χ0n) is 9.68. The minimum atomic E-state index is -0.0853. The molecule has 0 atom stereocenters. The summed E-state index contributed by atoms with van der Waals surface area (Å²) in [6.07, 6.45) is 4.00. The molecule has 5 nitrogen and oxygen atoms in total. The third kappa shape index (κ3) is 1.54. The number of hydrogen-bond acceptors (Lipinski definition) is 4. The van der Waals surface area contributed by atoms with Crippen LogP contribution in [0.4, 0.5) is 0 Å². The molecule has 17 heavy (non-hydrogen) atoms. The number of fused-ring (bicyclic) bond motifs is 1. The van der Waals surface area contributed by atoms with Crippen LogP contribution in [-0.2, 0) is 7.05 Å². The molecule has 2 N–H and O–H groups in total. The fraction of sp³-hybridized carbons (Fsp3) is 0.417. The first kappa shape index (κ1) is 10.4. The van der Waals surface area contributed by atoms with E-state index in [0.29, 0.717) is 17.0 Å². The maximum Gasteiger partial charge on any atom is 0.178 e. The number of aromatic nitrogens is 3. The molecular formula is C12H14N4O. The zero-order chi connectivity index (χ0) is 12.0. The van der Waals surface area contributed by atoms with E-state index >= 15 is 0 Å². The van der Waals surface area contributed by atoms with E-state index in [1.807, 2.05) is 11.6 Å². The molecule has 0 radical (unpaired) electrons. The molecule has 0 unspecified atom stereocenters. The van der Waals surface area contributed by atoms with Crippen molar-refractivity contribution in [2.75, 3.05) is 6.54 Å². The minimum absolute atomic E-state index is 0.00838. The van der Waals surface area contributed by atoms with E-state index < -0.39 is 0 Å². The van der Waals surface area contributed by atoms with Crippen LogP contribution in [0.1, 0.15) is 34.9 Å². The Morgan fingerprint density at radius 1 is 1.59 bits per heavy atom. The first-order chi connectivity index (χ1) is 8.22. The van der Waals surface area contributed by atoms with Gasteiger partial charge >= 0.3 is 0 Å². The van der Waals surface area contributed by atoms with E-state index in [4.69, 9.17) is 5.73 Å². The lowest BCUT2D eigenvalue weighted by atomic mass is 10.1. The van der Waals surface area contributed by atoms with Crippen molar-refractivity contribution >= 4 is 16.9 Å². The van der Waals surface area contributed by atoms with Crippen LogP contribution >= 0.6 is 0 Å². The molecule has 1 saturated carbocycles. The monoisotopic (exact) mass is 230 g/mol. The topological polar surface area (TPSA) is 73.8 Å². The van der Waals surface area contributed by atoms with E-state index in [1.54, 1.807) is 12.3 Å². The average Bonchev–Trinajstić information content (AvgIpc) is 3.14. The van der Waals surface area contributed by atoms with E-state index in [0.717, 1.165) is 11.5 Å².